The van der Waals surface area contributed by atoms with Crippen molar-refractivity contribution in [1.82, 2.24) is 4.90 Å². The zero-order valence-corrected chi connectivity index (χ0v) is 16.9. The van der Waals surface area contributed by atoms with E-state index in [0.29, 0.717) is 12.1 Å². The van der Waals surface area contributed by atoms with Crippen LogP contribution in [-0.4, -0.2) is 36.7 Å². The minimum absolute atomic E-state index is 0.580. The van der Waals surface area contributed by atoms with E-state index < -0.39 is 0 Å². The van der Waals surface area contributed by atoms with E-state index in [2.05, 4.69) is 97.8 Å². The molecule has 140 valence electrons. The zero-order chi connectivity index (χ0) is 18.7. The summed E-state index contributed by atoms with van der Waals surface area (Å²) in [5, 5.41) is 0. The maximum absolute atomic E-state index is 2.58. The molecule has 0 saturated heterocycles. The lowest BCUT2D eigenvalue weighted by atomic mass is 10.1. The minimum Gasteiger partial charge on any atom is -0.351 e. The number of hydrogen-bond donors (Lipinski definition) is 0. The van der Waals surface area contributed by atoms with Crippen molar-refractivity contribution in [2.24, 2.45) is 0 Å². The first kappa shape index (κ1) is 18.8. The molecule has 3 rings (SSSR count). The van der Waals surface area contributed by atoms with Crippen molar-refractivity contribution >= 4 is 11.4 Å². The van der Waals surface area contributed by atoms with Crippen molar-refractivity contribution in [3.8, 4) is 0 Å². The Morgan fingerprint density at radius 2 is 1.42 bits per heavy atom. The van der Waals surface area contributed by atoms with E-state index in [0.717, 1.165) is 26.3 Å². The van der Waals surface area contributed by atoms with E-state index in [1.165, 1.54) is 22.5 Å². The molecule has 2 aromatic rings. The van der Waals surface area contributed by atoms with E-state index in [9.17, 15) is 0 Å². The van der Waals surface area contributed by atoms with Crippen LogP contribution in [0.2, 0.25) is 0 Å². The van der Waals surface area contributed by atoms with Gasteiger partial charge in [0.05, 0.1) is 18.0 Å². The molecule has 26 heavy (non-hydrogen) atoms. The smallest absolute Gasteiger partial charge is 0.0908 e. The van der Waals surface area contributed by atoms with Crippen molar-refractivity contribution in [2.75, 3.05) is 29.6 Å². The molecular formula is C23H33N3. The van der Waals surface area contributed by atoms with E-state index in [1.54, 1.807) is 0 Å². The Bertz CT molecular complexity index is 715. The predicted molar refractivity (Wildman–Crippen MR) is 113 cm³/mol. The summed E-state index contributed by atoms with van der Waals surface area (Å²) in [6.07, 6.45) is 0. The fourth-order valence-corrected chi connectivity index (χ4v) is 4.03. The normalized spacial score (nSPS) is 14.0. The van der Waals surface area contributed by atoms with Gasteiger partial charge in [-0.3, -0.25) is 4.90 Å². The van der Waals surface area contributed by atoms with Gasteiger partial charge >= 0.3 is 0 Å². The van der Waals surface area contributed by atoms with E-state index in [-0.39, 0.29) is 0 Å². The number of anilines is 2. The molecule has 0 aliphatic carbocycles. The van der Waals surface area contributed by atoms with Crippen LogP contribution in [0, 0.1) is 6.92 Å². The second-order valence-corrected chi connectivity index (χ2v) is 7.94. The van der Waals surface area contributed by atoms with Crippen molar-refractivity contribution in [1.29, 1.82) is 0 Å². The molecule has 3 nitrogen and oxygen atoms in total. The molecule has 0 spiro atoms. The molecule has 1 aliphatic rings. The summed E-state index contributed by atoms with van der Waals surface area (Å²) in [5.41, 5.74) is 5.51. The van der Waals surface area contributed by atoms with Gasteiger partial charge in [0, 0.05) is 31.7 Å². The highest BCUT2D eigenvalue weighted by molar-refractivity contribution is 5.76. The van der Waals surface area contributed by atoms with Gasteiger partial charge in [0.25, 0.3) is 0 Å². The third kappa shape index (κ3) is 4.04. The Balaban J connectivity index is 1.74. The summed E-state index contributed by atoms with van der Waals surface area (Å²) in [5.74, 6) is 0. The monoisotopic (exact) mass is 351 g/mol. The van der Waals surface area contributed by atoms with Gasteiger partial charge in [-0.05, 0) is 57.9 Å². The molecule has 1 aliphatic heterocycles. The number of fused-ring (bicyclic) bond motifs is 1. The van der Waals surface area contributed by atoms with Gasteiger partial charge in [0.1, 0.15) is 0 Å². The van der Waals surface area contributed by atoms with Crippen LogP contribution in [0.3, 0.4) is 0 Å². The summed E-state index contributed by atoms with van der Waals surface area (Å²) in [6.45, 7) is 15.5. The molecule has 2 aromatic carbocycles. The molecule has 3 heteroatoms. The Morgan fingerprint density at radius 1 is 0.846 bits per heavy atom. The second-order valence-electron chi connectivity index (χ2n) is 7.94. The van der Waals surface area contributed by atoms with Crippen LogP contribution >= 0.6 is 0 Å². The van der Waals surface area contributed by atoms with Crippen molar-refractivity contribution in [3.05, 3.63) is 59.7 Å². The summed E-state index contributed by atoms with van der Waals surface area (Å²) < 4.78 is 0. The van der Waals surface area contributed by atoms with Gasteiger partial charge in [-0.1, -0.05) is 36.4 Å². The van der Waals surface area contributed by atoms with Crippen molar-refractivity contribution in [2.45, 2.75) is 53.2 Å². The molecule has 0 bridgehead atoms. The topological polar surface area (TPSA) is 9.72 Å². The van der Waals surface area contributed by atoms with Crippen molar-refractivity contribution < 1.29 is 0 Å². The molecular weight excluding hydrogens is 318 g/mol. The number of hydrogen-bond acceptors (Lipinski definition) is 3. The summed E-state index contributed by atoms with van der Waals surface area (Å²) in [7, 11) is 0. The molecule has 1 heterocycles. The number of nitrogens with zero attached hydrogens (tertiary/aromatic N) is 3. The van der Waals surface area contributed by atoms with Gasteiger partial charge in [0.2, 0.25) is 0 Å². The minimum atomic E-state index is 0.580. The predicted octanol–water partition coefficient (Wildman–Crippen LogP) is 4.90. The number of benzene rings is 2. The lowest BCUT2D eigenvalue weighted by Gasteiger charge is -2.32. The number of rotatable bonds is 7. The van der Waals surface area contributed by atoms with Crippen LogP contribution < -0.4 is 9.80 Å². The average Bonchev–Trinajstić information content (AvgIpc) is 2.95. The van der Waals surface area contributed by atoms with Crippen LogP contribution in [0.15, 0.2) is 48.5 Å². The molecule has 0 aromatic heterocycles. The van der Waals surface area contributed by atoms with E-state index in [1.807, 2.05) is 0 Å². The molecule has 0 amide bonds. The summed E-state index contributed by atoms with van der Waals surface area (Å²) >= 11 is 0. The fraction of sp³-hybridized carbons (Fsp3) is 0.478. The number of aryl methyl sites for hydroxylation is 1. The van der Waals surface area contributed by atoms with Crippen LogP contribution in [0.4, 0.5) is 11.4 Å². The third-order valence-electron chi connectivity index (χ3n) is 5.48. The van der Waals surface area contributed by atoms with E-state index >= 15 is 0 Å². The van der Waals surface area contributed by atoms with Crippen LogP contribution in [0.1, 0.15) is 38.8 Å². The van der Waals surface area contributed by atoms with Gasteiger partial charge in [-0.15, -0.1) is 0 Å². The largest absolute Gasteiger partial charge is 0.351 e. The SMILES string of the molecule is Cc1ccccc1CN1CN(CCN(C(C)C)C(C)C)c2ccccc21. The Labute approximate surface area is 159 Å². The van der Waals surface area contributed by atoms with Crippen LogP contribution in [-0.2, 0) is 6.54 Å². The maximum Gasteiger partial charge on any atom is 0.0908 e. The summed E-state index contributed by atoms with van der Waals surface area (Å²) in [6, 6.07) is 18.7. The first-order valence-corrected chi connectivity index (χ1v) is 9.86. The molecule has 0 N–H and O–H groups in total. The van der Waals surface area contributed by atoms with Crippen molar-refractivity contribution in [3.63, 3.8) is 0 Å². The Kier molecular flexibility index (Phi) is 5.87. The van der Waals surface area contributed by atoms with Crippen LogP contribution in [0.5, 0.6) is 0 Å². The lowest BCUT2D eigenvalue weighted by molar-refractivity contribution is 0.179. The Morgan fingerprint density at radius 3 is 2.04 bits per heavy atom. The Hall–Kier alpha value is -2.00. The van der Waals surface area contributed by atoms with Crippen LogP contribution in [0.25, 0.3) is 0 Å². The molecule has 0 unspecified atom stereocenters. The summed E-state index contributed by atoms with van der Waals surface area (Å²) in [4.78, 5) is 7.62. The quantitative estimate of drug-likeness (QED) is 0.702. The molecule has 0 atom stereocenters. The van der Waals surface area contributed by atoms with E-state index in [4.69, 9.17) is 0 Å². The highest BCUT2D eigenvalue weighted by Gasteiger charge is 2.26. The third-order valence-corrected chi connectivity index (χ3v) is 5.48. The fourth-order valence-electron chi connectivity index (χ4n) is 4.03. The maximum atomic E-state index is 2.58. The zero-order valence-electron chi connectivity index (χ0n) is 16.9. The van der Waals surface area contributed by atoms with Gasteiger partial charge in [-0.25, -0.2) is 0 Å². The standard InChI is InChI=1S/C23H33N3/c1-18(2)26(19(3)4)15-14-24-17-25(23-13-9-8-12-22(23)24)16-21-11-7-6-10-20(21)5/h6-13,18-19H,14-17H2,1-5H3. The van der Waals surface area contributed by atoms with Gasteiger partial charge in [0.15, 0.2) is 0 Å². The molecule has 0 fully saturated rings. The van der Waals surface area contributed by atoms with Gasteiger partial charge in [-0.2, -0.15) is 0 Å². The molecule has 0 radical (unpaired) electrons. The molecule has 0 saturated carbocycles. The van der Waals surface area contributed by atoms with Gasteiger partial charge < -0.3 is 9.80 Å². The highest BCUT2D eigenvalue weighted by Crippen LogP contribution is 2.36. The first-order valence-electron chi connectivity index (χ1n) is 9.86. The number of para-hydroxylation sites is 2. The second kappa shape index (κ2) is 8.13. The first-order chi connectivity index (χ1) is 12.5. The lowest BCUT2D eigenvalue weighted by Crippen LogP contribution is -2.43. The average molecular weight is 352 g/mol. The highest BCUT2D eigenvalue weighted by atomic mass is 15.4.